The zero-order chi connectivity index (χ0) is 15.5. The number of rotatable bonds is 2. The minimum absolute atomic E-state index is 0.00124. The van der Waals surface area contributed by atoms with Gasteiger partial charge in [-0.15, -0.1) is 0 Å². The number of ether oxygens (including phenoxy) is 2. The average molecular weight is 294 g/mol. The normalized spacial score (nSPS) is 19.1. The SMILES string of the molecule is CC(C)(C)OC(=O)Nc1cc(C2COCCN2)ccc1O. The largest absolute Gasteiger partial charge is 0.506 e. The minimum Gasteiger partial charge on any atom is -0.506 e. The fourth-order valence-corrected chi connectivity index (χ4v) is 2.06. The number of carbonyl (C=O) groups is 1. The van der Waals surface area contributed by atoms with Gasteiger partial charge < -0.3 is 19.9 Å². The Bertz CT molecular complexity index is 505. The molecule has 3 N–H and O–H groups in total. The smallest absolute Gasteiger partial charge is 0.412 e. The number of phenols is 1. The molecule has 0 radical (unpaired) electrons. The first-order valence-electron chi connectivity index (χ1n) is 6.99. The fraction of sp³-hybridized carbons (Fsp3) is 0.533. The summed E-state index contributed by atoms with van der Waals surface area (Å²) in [5.74, 6) is 0.00124. The predicted molar refractivity (Wildman–Crippen MR) is 79.5 cm³/mol. The van der Waals surface area contributed by atoms with Crippen molar-refractivity contribution < 1.29 is 19.4 Å². The van der Waals surface area contributed by atoms with E-state index in [1.54, 1.807) is 32.9 Å². The van der Waals surface area contributed by atoms with Gasteiger partial charge in [-0.05, 0) is 38.5 Å². The van der Waals surface area contributed by atoms with Gasteiger partial charge in [0.25, 0.3) is 0 Å². The van der Waals surface area contributed by atoms with Gasteiger partial charge in [0, 0.05) is 6.54 Å². The molecule has 1 aliphatic heterocycles. The molecule has 116 valence electrons. The molecule has 0 saturated carbocycles. The zero-order valence-electron chi connectivity index (χ0n) is 12.6. The molecule has 1 heterocycles. The van der Waals surface area contributed by atoms with Gasteiger partial charge in [-0.3, -0.25) is 5.32 Å². The minimum atomic E-state index is -0.595. The standard InChI is InChI=1S/C15H22N2O4/c1-15(2,3)21-14(19)17-11-8-10(4-5-13(11)18)12-9-20-7-6-16-12/h4-5,8,12,16,18H,6-7,9H2,1-3H3,(H,17,19). The number of benzene rings is 1. The molecule has 1 aliphatic rings. The Morgan fingerprint density at radius 1 is 1.48 bits per heavy atom. The Hall–Kier alpha value is -1.79. The van der Waals surface area contributed by atoms with Crippen molar-refractivity contribution in [1.29, 1.82) is 0 Å². The van der Waals surface area contributed by atoms with E-state index in [4.69, 9.17) is 9.47 Å². The summed E-state index contributed by atoms with van der Waals surface area (Å²) in [6, 6.07) is 5.14. The van der Waals surface area contributed by atoms with E-state index in [9.17, 15) is 9.90 Å². The van der Waals surface area contributed by atoms with Crippen LogP contribution in [0.2, 0.25) is 0 Å². The third kappa shape index (κ3) is 4.61. The molecule has 0 bridgehead atoms. The van der Waals surface area contributed by atoms with E-state index in [2.05, 4.69) is 10.6 Å². The molecular formula is C15H22N2O4. The van der Waals surface area contributed by atoms with Crippen molar-refractivity contribution in [2.24, 2.45) is 0 Å². The second-order valence-corrected chi connectivity index (χ2v) is 5.99. The molecule has 1 unspecified atom stereocenters. The summed E-state index contributed by atoms with van der Waals surface area (Å²) in [5, 5.41) is 15.7. The van der Waals surface area contributed by atoms with Gasteiger partial charge in [-0.2, -0.15) is 0 Å². The number of carbonyl (C=O) groups excluding carboxylic acids is 1. The molecule has 1 fully saturated rings. The van der Waals surface area contributed by atoms with Gasteiger partial charge in [0.15, 0.2) is 0 Å². The number of nitrogens with one attached hydrogen (secondary N) is 2. The highest BCUT2D eigenvalue weighted by atomic mass is 16.6. The van der Waals surface area contributed by atoms with Crippen molar-refractivity contribution in [1.82, 2.24) is 5.32 Å². The van der Waals surface area contributed by atoms with Gasteiger partial charge in [0.1, 0.15) is 11.4 Å². The van der Waals surface area contributed by atoms with Crippen LogP contribution in [-0.4, -0.2) is 36.6 Å². The van der Waals surface area contributed by atoms with Crippen molar-refractivity contribution in [3.63, 3.8) is 0 Å². The van der Waals surface area contributed by atoms with E-state index in [1.807, 2.05) is 6.07 Å². The van der Waals surface area contributed by atoms with Gasteiger partial charge in [-0.25, -0.2) is 4.79 Å². The summed E-state index contributed by atoms with van der Waals surface area (Å²) in [4.78, 5) is 11.8. The highest BCUT2D eigenvalue weighted by Crippen LogP contribution is 2.28. The van der Waals surface area contributed by atoms with Gasteiger partial charge in [-0.1, -0.05) is 6.07 Å². The van der Waals surface area contributed by atoms with Crippen molar-refractivity contribution in [3.8, 4) is 5.75 Å². The summed E-state index contributed by atoms with van der Waals surface area (Å²) in [6.45, 7) is 7.39. The molecule has 6 heteroatoms. The second kappa shape index (κ2) is 6.32. The Morgan fingerprint density at radius 3 is 2.86 bits per heavy atom. The average Bonchev–Trinajstić information content (AvgIpc) is 2.40. The van der Waals surface area contributed by atoms with E-state index in [0.717, 1.165) is 12.1 Å². The van der Waals surface area contributed by atoms with Gasteiger partial charge in [0.05, 0.1) is 24.9 Å². The van der Waals surface area contributed by atoms with Gasteiger partial charge in [0.2, 0.25) is 0 Å². The monoisotopic (exact) mass is 294 g/mol. The second-order valence-electron chi connectivity index (χ2n) is 5.99. The van der Waals surface area contributed by atoms with Crippen molar-refractivity contribution in [2.75, 3.05) is 25.1 Å². The lowest BCUT2D eigenvalue weighted by Crippen LogP contribution is -2.34. The number of anilines is 1. The van der Waals surface area contributed by atoms with Crippen LogP contribution in [0.5, 0.6) is 5.75 Å². The maximum absolute atomic E-state index is 11.8. The number of phenolic OH excluding ortho intramolecular Hbond substituents is 1. The highest BCUT2D eigenvalue weighted by molar-refractivity contribution is 5.87. The molecule has 1 amide bonds. The lowest BCUT2D eigenvalue weighted by atomic mass is 10.1. The van der Waals surface area contributed by atoms with E-state index in [-0.39, 0.29) is 11.8 Å². The molecule has 1 atom stereocenters. The van der Waals surface area contributed by atoms with E-state index < -0.39 is 11.7 Å². The molecule has 1 saturated heterocycles. The van der Waals surface area contributed by atoms with Crippen molar-refractivity contribution >= 4 is 11.8 Å². The summed E-state index contributed by atoms with van der Waals surface area (Å²) >= 11 is 0. The Kier molecular flexibility index (Phi) is 4.69. The van der Waals surface area contributed by atoms with Crippen LogP contribution >= 0.6 is 0 Å². The molecule has 0 spiro atoms. The number of hydrogen-bond donors (Lipinski definition) is 3. The third-order valence-electron chi connectivity index (χ3n) is 2.98. The van der Waals surface area contributed by atoms with Crippen LogP contribution in [0.3, 0.4) is 0 Å². The number of amides is 1. The van der Waals surface area contributed by atoms with Crippen LogP contribution in [0, 0.1) is 0 Å². The number of hydrogen-bond acceptors (Lipinski definition) is 5. The number of morpholine rings is 1. The molecular weight excluding hydrogens is 272 g/mol. The van der Waals surface area contributed by atoms with E-state index in [0.29, 0.717) is 18.9 Å². The Labute approximate surface area is 124 Å². The predicted octanol–water partition coefficient (Wildman–Crippen LogP) is 2.40. The fourth-order valence-electron chi connectivity index (χ4n) is 2.06. The van der Waals surface area contributed by atoms with Crippen LogP contribution in [-0.2, 0) is 9.47 Å². The van der Waals surface area contributed by atoms with Crippen LogP contribution < -0.4 is 10.6 Å². The lowest BCUT2D eigenvalue weighted by Gasteiger charge is -2.25. The molecule has 1 aromatic rings. The van der Waals surface area contributed by atoms with Crippen LogP contribution in [0.15, 0.2) is 18.2 Å². The lowest BCUT2D eigenvalue weighted by molar-refractivity contribution is 0.0635. The molecule has 2 rings (SSSR count). The molecule has 0 aliphatic carbocycles. The Morgan fingerprint density at radius 2 is 2.24 bits per heavy atom. The molecule has 6 nitrogen and oxygen atoms in total. The third-order valence-corrected chi connectivity index (χ3v) is 2.98. The van der Waals surface area contributed by atoms with E-state index in [1.165, 1.54) is 0 Å². The van der Waals surface area contributed by atoms with E-state index >= 15 is 0 Å². The van der Waals surface area contributed by atoms with Gasteiger partial charge >= 0.3 is 6.09 Å². The number of aromatic hydroxyl groups is 1. The maximum atomic E-state index is 11.8. The highest BCUT2D eigenvalue weighted by Gasteiger charge is 2.19. The van der Waals surface area contributed by atoms with Crippen molar-refractivity contribution in [2.45, 2.75) is 32.4 Å². The first-order chi connectivity index (χ1) is 9.85. The molecule has 0 aromatic heterocycles. The topological polar surface area (TPSA) is 79.8 Å². The van der Waals surface area contributed by atoms with Crippen LogP contribution in [0.1, 0.15) is 32.4 Å². The summed E-state index contributed by atoms with van der Waals surface area (Å²) in [7, 11) is 0. The van der Waals surface area contributed by atoms with Crippen LogP contribution in [0.4, 0.5) is 10.5 Å². The first-order valence-corrected chi connectivity index (χ1v) is 6.99. The quantitative estimate of drug-likeness (QED) is 0.730. The summed E-state index contributed by atoms with van der Waals surface area (Å²) in [6.07, 6.45) is -0.595. The van der Waals surface area contributed by atoms with Crippen LogP contribution in [0.25, 0.3) is 0 Å². The Balaban J connectivity index is 2.10. The molecule has 1 aromatic carbocycles. The van der Waals surface area contributed by atoms with Crippen molar-refractivity contribution in [3.05, 3.63) is 23.8 Å². The summed E-state index contributed by atoms with van der Waals surface area (Å²) < 4.78 is 10.6. The summed E-state index contributed by atoms with van der Waals surface area (Å²) in [5.41, 5.74) is 0.684. The molecule has 21 heavy (non-hydrogen) atoms. The zero-order valence-corrected chi connectivity index (χ0v) is 12.6. The maximum Gasteiger partial charge on any atom is 0.412 e. The first kappa shape index (κ1) is 15.6.